The van der Waals surface area contributed by atoms with E-state index in [1.165, 1.54) is 22.3 Å². The number of aromatic nitrogens is 4. The van der Waals surface area contributed by atoms with E-state index in [4.69, 9.17) is 0 Å². The Morgan fingerprint density at radius 2 is 1.50 bits per heavy atom. The molecule has 124 valence electrons. The van der Waals surface area contributed by atoms with Crippen molar-refractivity contribution in [2.24, 2.45) is 0 Å². The first-order valence-corrected chi connectivity index (χ1v) is 9.10. The van der Waals surface area contributed by atoms with Crippen molar-refractivity contribution in [3.8, 4) is 0 Å². The molecule has 0 amide bonds. The van der Waals surface area contributed by atoms with Crippen molar-refractivity contribution in [3.63, 3.8) is 0 Å². The summed E-state index contributed by atoms with van der Waals surface area (Å²) in [5.41, 5.74) is 7.46. The second kappa shape index (κ2) is 4.15. The Bertz CT molecular complexity index is 1160. The van der Waals surface area contributed by atoms with Crippen LogP contribution >= 0.6 is 0 Å². The summed E-state index contributed by atoms with van der Waals surface area (Å²) < 4.78 is 4.62. The van der Waals surface area contributed by atoms with Crippen LogP contribution in [0.4, 0.5) is 0 Å². The largest absolute Gasteiger partial charge is 0.331 e. The molecule has 2 aromatic carbocycles. The van der Waals surface area contributed by atoms with Gasteiger partial charge in [0.1, 0.15) is 0 Å². The van der Waals surface area contributed by atoms with Crippen molar-refractivity contribution < 1.29 is 0 Å². The minimum Gasteiger partial charge on any atom is -0.331 e. The summed E-state index contributed by atoms with van der Waals surface area (Å²) in [4.78, 5) is 8.74. The maximum atomic E-state index is 4.37. The van der Waals surface area contributed by atoms with Crippen LogP contribution in [0.5, 0.6) is 0 Å². The van der Waals surface area contributed by atoms with Crippen molar-refractivity contribution >= 4 is 0 Å². The molecule has 0 fully saturated rings. The molecule has 4 aromatic rings. The predicted octanol–water partition coefficient (Wildman–Crippen LogP) is 3.67. The van der Waals surface area contributed by atoms with Gasteiger partial charge in [0.2, 0.25) is 0 Å². The molecule has 0 saturated carbocycles. The van der Waals surface area contributed by atoms with Crippen molar-refractivity contribution in [1.29, 1.82) is 0 Å². The molecule has 0 aliphatic heterocycles. The first-order valence-electron chi connectivity index (χ1n) is 9.10. The minimum absolute atomic E-state index is 0.0280. The van der Waals surface area contributed by atoms with E-state index >= 15 is 0 Å². The molecule has 8 rings (SSSR count). The Labute approximate surface area is 150 Å². The van der Waals surface area contributed by atoms with Gasteiger partial charge in [-0.05, 0) is 27.8 Å². The fourth-order valence-corrected chi connectivity index (χ4v) is 5.97. The van der Waals surface area contributed by atoms with Crippen LogP contribution in [0, 0.1) is 0 Å². The van der Waals surface area contributed by atoms with Gasteiger partial charge in [-0.2, -0.15) is 0 Å². The topological polar surface area (TPSA) is 35.6 Å². The van der Waals surface area contributed by atoms with Gasteiger partial charge in [-0.3, -0.25) is 0 Å². The van der Waals surface area contributed by atoms with E-state index in [1.54, 1.807) is 5.56 Å². The van der Waals surface area contributed by atoms with Gasteiger partial charge in [0.05, 0.1) is 30.2 Å². The molecule has 2 bridgehead atoms. The van der Waals surface area contributed by atoms with Crippen molar-refractivity contribution in [2.45, 2.75) is 23.4 Å². The average Bonchev–Trinajstić information content (AvgIpc) is 3.12. The van der Waals surface area contributed by atoms with Crippen LogP contribution in [0.1, 0.15) is 45.8 Å². The van der Waals surface area contributed by atoms with Crippen LogP contribution in [-0.2, 0) is 5.41 Å². The fourth-order valence-electron chi connectivity index (χ4n) is 5.97. The highest BCUT2D eigenvalue weighted by atomic mass is 15.2. The number of fused-ring (bicyclic) bond motifs is 1. The molecule has 4 nitrogen and oxygen atoms in total. The molecule has 2 aromatic heterocycles. The van der Waals surface area contributed by atoms with Crippen LogP contribution < -0.4 is 0 Å². The van der Waals surface area contributed by atoms with Gasteiger partial charge in [-0.15, -0.1) is 0 Å². The maximum Gasteiger partial charge on any atom is 0.0949 e. The van der Waals surface area contributed by atoms with Gasteiger partial charge in [0.25, 0.3) is 0 Å². The van der Waals surface area contributed by atoms with Crippen molar-refractivity contribution in [1.82, 2.24) is 19.1 Å². The molecular formula is C22H16N4. The molecule has 4 aliphatic carbocycles. The second-order valence-corrected chi connectivity index (χ2v) is 7.60. The number of nitrogens with zero attached hydrogens (tertiary/aromatic N) is 4. The van der Waals surface area contributed by atoms with Crippen LogP contribution in [0.25, 0.3) is 0 Å². The fraction of sp³-hybridized carbons (Fsp3) is 0.182. The van der Waals surface area contributed by atoms with E-state index in [0.29, 0.717) is 5.92 Å². The molecule has 0 saturated heterocycles. The molecule has 26 heavy (non-hydrogen) atoms. The summed E-state index contributed by atoms with van der Waals surface area (Å²) in [6.07, 6.45) is 12.0. The quantitative estimate of drug-likeness (QED) is 0.560. The zero-order valence-corrected chi connectivity index (χ0v) is 14.0. The summed E-state index contributed by atoms with van der Waals surface area (Å²) in [5.74, 6) is 0.340. The molecule has 4 unspecified atom stereocenters. The molecule has 1 spiro atoms. The van der Waals surface area contributed by atoms with E-state index < -0.39 is 0 Å². The van der Waals surface area contributed by atoms with E-state index in [2.05, 4.69) is 74.0 Å². The monoisotopic (exact) mass is 336 g/mol. The van der Waals surface area contributed by atoms with E-state index in [9.17, 15) is 0 Å². The Morgan fingerprint density at radius 3 is 2.31 bits per heavy atom. The highest BCUT2D eigenvalue weighted by molar-refractivity contribution is 5.80. The SMILES string of the molecule is c1ccc2c(c1)C1c3cccc4c3C24C(n2ccnc2)C1n1ccnc1. The standard InChI is InChI=1S/C22H16N4/c1-2-6-16-14(4-1)18-15-5-3-7-17-19(15)22(16,17)21(26-11-9-24-13-26)20(18)25-10-8-23-12-25/h1-13,18,20-21H. The normalized spacial score (nSPS) is 29.3. The van der Waals surface area contributed by atoms with Crippen LogP contribution in [0.3, 0.4) is 0 Å². The lowest BCUT2D eigenvalue weighted by Gasteiger charge is -2.50. The van der Waals surface area contributed by atoms with E-state index in [0.717, 1.165) is 0 Å². The number of benzene rings is 2. The van der Waals surface area contributed by atoms with Crippen LogP contribution in [0.15, 0.2) is 79.9 Å². The Morgan fingerprint density at radius 1 is 0.769 bits per heavy atom. The van der Waals surface area contributed by atoms with Crippen LogP contribution in [-0.4, -0.2) is 19.1 Å². The zero-order chi connectivity index (χ0) is 16.9. The molecule has 4 atom stereocenters. The third-order valence-corrected chi connectivity index (χ3v) is 6.73. The Balaban J connectivity index is 1.62. The van der Waals surface area contributed by atoms with Gasteiger partial charge in [-0.1, -0.05) is 42.5 Å². The summed E-state index contributed by atoms with van der Waals surface area (Å²) in [7, 11) is 0. The number of rotatable bonds is 2. The average molecular weight is 336 g/mol. The molecule has 2 heterocycles. The first kappa shape index (κ1) is 13.1. The maximum absolute atomic E-state index is 4.37. The number of imidazole rings is 2. The van der Waals surface area contributed by atoms with Crippen LogP contribution in [0.2, 0.25) is 0 Å². The second-order valence-electron chi connectivity index (χ2n) is 7.60. The summed E-state index contributed by atoms with van der Waals surface area (Å²) >= 11 is 0. The molecule has 4 aliphatic rings. The lowest BCUT2D eigenvalue weighted by atomic mass is 9.60. The third kappa shape index (κ3) is 1.23. The molecule has 0 N–H and O–H groups in total. The van der Waals surface area contributed by atoms with Gasteiger partial charge < -0.3 is 9.13 Å². The molecule has 4 heteroatoms. The highest BCUT2D eigenvalue weighted by Gasteiger charge is 2.70. The molecular weight excluding hydrogens is 320 g/mol. The molecule has 0 radical (unpaired) electrons. The lowest BCUT2D eigenvalue weighted by molar-refractivity contribution is 0.219. The summed E-state index contributed by atoms with van der Waals surface area (Å²) in [5, 5.41) is 0. The highest BCUT2D eigenvalue weighted by Crippen LogP contribution is 2.75. The van der Waals surface area contributed by atoms with E-state index in [-0.39, 0.29) is 17.5 Å². The number of hydrogen-bond donors (Lipinski definition) is 0. The predicted molar refractivity (Wildman–Crippen MR) is 97.1 cm³/mol. The van der Waals surface area contributed by atoms with Gasteiger partial charge in [0, 0.05) is 30.7 Å². The van der Waals surface area contributed by atoms with Gasteiger partial charge in [-0.25, -0.2) is 9.97 Å². The summed E-state index contributed by atoms with van der Waals surface area (Å²) in [6.45, 7) is 0. The lowest BCUT2D eigenvalue weighted by Crippen LogP contribution is -2.45. The first-order chi connectivity index (χ1) is 12.9. The smallest absolute Gasteiger partial charge is 0.0949 e. The van der Waals surface area contributed by atoms with Crippen molar-refractivity contribution in [3.05, 3.63) is 108 Å². The van der Waals surface area contributed by atoms with E-state index in [1.807, 2.05) is 25.0 Å². The van der Waals surface area contributed by atoms with Gasteiger partial charge in [0.15, 0.2) is 0 Å². The van der Waals surface area contributed by atoms with Crippen molar-refractivity contribution in [2.75, 3.05) is 0 Å². The third-order valence-electron chi connectivity index (χ3n) is 6.73. The number of hydrogen-bond acceptors (Lipinski definition) is 2. The van der Waals surface area contributed by atoms with Gasteiger partial charge >= 0.3 is 0 Å². The minimum atomic E-state index is -0.0280. The Kier molecular flexibility index (Phi) is 2.09. The zero-order valence-electron chi connectivity index (χ0n) is 14.0. The summed E-state index contributed by atoms with van der Waals surface area (Å²) in [6, 6.07) is 16.5. The Hall–Kier alpha value is -3.14.